The van der Waals surface area contributed by atoms with Crippen molar-refractivity contribution in [3.63, 3.8) is 0 Å². The van der Waals surface area contributed by atoms with Gasteiger partial charge in [-0.15, -0.1) is 0 Å². The molecule has 5 atom stereocenters. The number of nitrogens with one attached hydrogen (secondary N) is 1. The predicted molar refractivity (Wildman–Crippen MR) is 66.7 cm³/mol. The molecule has 1 aliphatic heterocycles. The van der Waals surface area contributed by atoms with Gasteiger partial charge < -0.3 is 29.7 Å². The molecule has 0 unspecified atom stereocenters. The number of hydrogen-bond acceptors (Lipinski definition) is 8. The molecule has 9 nitrogen and oxygen atoms in total. The predicted octanol–water partition coefficient (Wildman–Crippen LogP) is -1.94. The van der Waals surface area contributed by atoms with Crippen LogP contribution in [-0.4, -0.2) is 65.3 Å². The van der Waals surface area contributed by atoms with Gasteiger partial charge in [-0.2, -0.15) is 0 Å². The lowest BCUT2D eigenvalue weighted by molar-refractivity contribution is -0.265. The molecule has 120 valence electrons. The van der Waals surface area contributed by atoms with Crippen LogP contribution >= 0.6 is 0 Å². The van der Waals surface area contributed by atoms with Gasteiger partial charge in [0.25, 0.3) is 0 Å². The van der Waals surface area contributed by atoms with Crippen molar-refractivity contribution in [2.75, 3.05) is 6.61 Å². The summed E-state index contributed by atoms with van der Waals surface area (Å²) in [5.41, 5.74) is 0. The minimum atomic E-state index is -1.39. The fourth-order valence-corrected chi connectivity index (χ4v) is 2.05. The zero-order valence-electron chi connectivity index (χ0n) is 11.9. The maximum Gasteiger partial charge on any atom is 0.305 e. The van der Waals surface area contributed by atoms with Crippen molar-refractivity contribution in [2.24, 2.45) is 0 Å². The van der Waals surface area contributed by atoms with Crippen LogP contribution in [0.1, 0.15) is 20.8 Å². The van der Waals surface area contributed by atoms with Crippen molar-refractivity contribution < 1.29 is 38.8 Å². The molecule has 0 bridgehead atoms. The molecule has 1 aliphatic rings. The van der Waals surface area contributed by atoms with Crippen molar-refractivity contribution in [1.82, 2.24) is 5.32 Å². The summed E-state index contributed by atoms with van der Waals surface area (Å²) in [6.07, 6.45) is -5.02. The quantitative estimate of drug-likeness (QED) is 0.511. The van der Waals surface area contributed by atoms with Gasteiger partial charge in [0.15, 0.2) is 6.10 Å². The second-order valence-corrected chi connectivity index (χ2v) is 4.63. The number of esters is 2. The molecule has 0 radical (unpaired) electrons. The Balaban J connectivity index is 3.05. The van der Waals surface area contributed by atoms with E-state index in [0.717, 1.165) is 13.8 Å². The second-order valence-electron chi connectivity index (χ2n) is 4.63. The van der Waals surface area contributed by atoms with Crippen molar-refractivity contribution in [3.8, 4) is 0 Å². The first-order valence-electron chi connectivity index (χ1n) is 6.32. The lowest BCUT2D eigenvalue weighted by Crippen LogP contribution is -2.65. The van der Waals surface area contributed by atoms with Crippen LogP contribution in [0.25, 0.3) is 0 Å². The van der Waals surface area contributed by atoms with Gasteiger partial charge in [-0.05, 0) is 0 Å². The highest BCUT2D eigenvalue weighted by Crippen LogP contribution is 2.24. The van der Waals surface area contributed by atoms with Gasteiger partial charge in [0.1, 0.15) is 18.2 Å². The zero-order chi connectivity index (χ0) is 16.2. The fraction of sp³-hybridized carbons (Fsp3) is 0.750. The van der Waals surface area contributed by atoms with E-state index in [1.165, 1.54) is 6.92 Å². The van der Waals surface area contributed by atoms with E-state index < -0.39 is 55.1 Å². The molecule has 1 fully saturated rings. The number of carbonyl (C=O) groups excluding carboxylic acids is 3. The molecule has 1 saturated heterocycles. The second kappa shape index (κ2) is 7.34. The molecule has 9 heteroatoms. The summed E-state index contributed by atoms with van der Waals surface area (Å²) in [6, 6.07) is -1.09. The third-order valence-electron chi connectivity index (χ3n) is 2.81. The molecule has 0 aromatic heterocycles. The van der Waals surface area contributed by atoms with Crippen LogP contribution in [-0.2, 0) is 28.6 Å². The van der Waals surface area contributed by atoms with Crippen LogP contribution in [0.5, 0.6) is 0 Å². The molecule has 0 saturated carbocycles. The lowest BCUT2D eigenvalue weighted by atomic mass is 9.96. The van der Waals surface area contributed by atoms with E-state index in [4.69, 9.17) is 14.2 Å². The Bertz CT molecular complexity index is 412. The third kappa shape index (κ3) is 4.66. The highest BCUT2D eigenvalue weighted by atomic mass is 16.7. The summed E-state index contributed by atoms with van der Waals surface area (Å²) in [5, 5.41) is 21.6. The van der Waals surface area contributed by atoms with Crippen molar-refractivity contribution in [1.29, 1.82) is 0 Å². The molecule has 1 amide bonds. The summed E-state index contributed by atoms with van der Waals surface area (Å²) in [4.78, 5) is 33.5. The van der Waals surface area contributed by atoms with E-state index in [9.17, 15) is 24.6 Å². The Morgan fingerprint density at radius 1 is 1.14 bits per heavy atom. The minimum absolute atomic E-state index is 0.493. The summed E-state index contributed by atoms with van der Waals surface area (Å²) in [5.74, 6) is -1.88. The summed E-state index contributed by atoms with van der Waals surface area (Å²) in [7, 11) is 0. The maximum atomic E-state index is 11.3. The molecular formula is C12H19NO8. The Kier molecular flexibility index (Phi) is 6.06. The van der Waals surface area contributed by atoms with Crippen molar-refractivity contribution >= 4 is 17.8 Å². The Morgan fingerprint density at radius 2 is 1.71 bits per heavy atom. The van der Waals surface area contributed by atoms with E-state index >= 15 is 0 Å². The average Bonchev–Trinajstić information content (AvgIpc) is 2.35. The van der Waals surface area contributed by atoms with Crippen LogP contribution in [0.15, 0.2) is 0 Å². The molecule has 1 heterocycles. The molecule has 0 aromatic rings. The van der Waals surface area contributed by atoms with Gasteiger partial charge in [-0.1, -0.05) is 0 Å². The maximum absolute atomic E-state index is 11.3. The van der Waals surface area contributed by atoms with Crippen LogP contribution in [0, 0.1) is 0 Å². The largest absolute Gasteiger partial charge is 0.457 e. The molecule has 1 rings (SSSR count). The molecule has 3 N–H and O–H groups in total. The van der Waals surface area contributed by atoms with E-state index in [1.54, 1.807) is 0 Å². The van der Waals surface area contributed by atoms with E-state index in [0.29, 0.717) is 0 Å². The fourth-order valence-electron chi connectivity index (χ4n) is 2.05. The zero-order valence-corrected chi connectivity index (χ0v) is 11.9. The van der Waals surface area contributed by atoms with E-state index in [-0.39, 0.29) is 0 Å². The van der Waals surface area contributed by atoms with Gasteiger partial charge in [0.05, 0.1) is 6.61 Å². The monoisotopic (exact) mass is 305 g/mol. The number of aliphatic hydroxyl groups excluding tert-OH is 2. The SMILES string of the molecule is CC(=O)N[C@H]1[C@@H](OC(C)=O)O[C@H](CO)[C@@H](O)[C@@H]1OC(C)=O. The number of amides is 1. The first kappa shape index (κ1) is 17.3. The average molecular weight is 305 g/mol. The number of carbonyl (C=O) groups is 3. The molecular weight excluding hydrogens is 286 g/mol. The molecule has 21 heavy (non-hydrogen) atoms. The minimum Gasteiger partial charge on any atom is -0.457 e. The van der Waals surface area contributed by atoms with Gasteiger partial charge in [0, 0.05) is 20.8 Å². The van der Waals surface area contributed by atoms with Crippen LogP contribution in [0.3, 0.4) is 0 Å². The van der Waals surface area contributed by atoms with Crippen LogP contribution in [0.2, 0.25) is 0 Å². The third-order valence-corrected chi connectivity index (χ3v) is 2.81. The summed E-state index contributed by atoms with van der Waals surface area (Å²) in [6.45, 7) is 2.89. The van der Waals surface area contributed by atoms with Gasteiger partial charge in [0.2, 0.25) is 12.2 Å². The molecule has 0 aliphatic carbocycles. The molecule has 0 spiro atoms. The van der Waals surface area contributed by atoms with E-state index in [1.807, 2.05) is 0 Å². The Morgan fingerprint density at radius 3 is 2.14 bits per heavy atom. The molecule has 0 aromatic carbocycles. The first-order chi connectivity index (χ1) is 9.76. The smallest absolute Gasteiger partial charge is 0.305 e. The topological polar surface area (TPSA) is 131 Å². The number of aliphatic hydroxyl groups is 2. The highest BCUT2D eigenvalue weighted by molar-refractivity contribution is 5.73. The standard InChI is InChI=1S/C12H19NO8/c1-5(15)13-9-11(19-6(2)16)10(18)8(4-14)21-12(9)20-7(3)17/h8-12,14,18H,4H2,1-3H3,(H,13,15)/t8-,9-,10-,11-,12+/m1/s1. The number of ether oxygens (including phenoxy) is 3. The first-order valence-corrected chi connectivity index (χ1v) is 6.32. The summed E-state index contributed by atoms with van der Waals surface area (Å²) >= 11 is 0. The van der Waals surface area contributed by atoms with E-state index in [2.05, 4.69) is 5.32 Å². The lowest BCUT2D eigenvalue weighted by Gasteiger charge is -2.42. The Labute approximate surface area is 121 Å². The van der Waals surface area contributed by atoms with Gasteiger partial charge in [-0.3, -0.25) is 14.4 Å². The highest BCUT2D eigenvalue weighted by Gasteiger charge is 2.49. The Hall–Kier alpha value is -1.71. The van der Waals surface area contributed by atoms with Crippen LogP contribution < -0.4 is 5.32 Å². The van der Waals surface area contributed by atoms with Gasteiger partial charge in [-0.25, -0.2) is 0 Å². The number of rotatable bonds is 4. The number of hydrogen-bond donors (Lipinski definition) is 3. The van der Waals surface area contributed by atoms with Crippen molar-refractivity contribution in [2.45, 2.75) is 51.4 Å². The van der Waals surface area contributed by atoms with Crippen molar-refractivity contribution in [3.05, 3.63) is 0 Å². The van der Waals surface area contributed by atoms with Gasteiger partial charge >= 0.3 is 11.9 Å². The normalized spacial score (nSPS) is 32.1. The summed E-state index contributed by atoms with van der Waals surface area (Å²) < 4.78 is 15.1. The van der Waals surface area contributed by atoms with Crippen LogP contribution in [0.4, 0.5) is 0 Å².